The number of alkyl halides is 2. The topological polar surface area (TPSA) is 81.4 Å². The van der Waals surface area contributed by atoms with Gasteiger partial charge in [0.05, 0.1) is 12.3 Å². The summed E-state index contributed by atoms with van der Waals surface area (Å²) in [5, 5.41) is 0. The first-order chi connectivity index (χ1) is 9.24. The molecule has 0 saturated carbocycles. The zero-order valence-electron chi connectivity index (χ0n) is 11.3. The molecule has 0 heterocycles. The van der Waals surface area contributed by atoms with Gasteiger partial charge < -0.3 is 10.5 Å². The second kappa shape index (κ2) is 6.96. The molecule has 0 spiro atoms. The van der Waals surface area contributed by atoms with E-state index < -0.39 is 23.1 Å². The number of rotatable bonds is 7. The summed E-state index contributed by atoms with van der Waals surface area (Å²) in [7, 11) is -3.77. The van der Waals surface area contributed by atoms with Crippen molar-refractivity contribution in [2.24, 2.45) is 0 Å². The van der Waals surface area contributed by atoms with Gasteiger partial charge in [0.1, 0.15) is 11.5 Å². The Morgan fingerprint density at radius 2 is 1.90 bits per heavy atom. The maximum atomic E-state index is 12.0. The van der Waals surface area contributed by atoms with Crippen molar-refractivity contribution in [3.63, 3.8) is 0 Å². The first kappa shape index (κ1) is 16.8. The minimum atomic E-state index is -3.77. The molecular weight excluding hydrogens is 290 g/mol. The third kappa shape index (κ3) is 4.69. The lowest BCUT2D eigenvalue weighted by Gasteiger charge is -2.11. The quantitative estimate of drug-likeness (QED) is 0.590. The second-order valence-electron chi connectivity index (χ2n) is 4.34. The molecule has 0 aliphatic heterocycles. The number of halogens is 2. The fourth-order valence-corrected chi connectivity index (χ4v) is 2.75. The number of nitrogens with two attached hydrogens (primary N) is 1. The van der Waals surface area contributed by atoms with Crippen molar-refractivity contribution < 1.29 is 21.9 Å². The van der Waals surface area contributed by atoms with Gasteiger partial charge in [-0.2, -0.15) is 0 Å². The van der Waals surface area contributed by atoms with Gasteiger partial charge in [-0.25, -0.2) is 21.9 Å². The predicted octanol–water partition coefficient (Wildman–Crippen LogP) is 1.45. The van der Waals surface area contributed by atoms with Crippen molar-refractivity contribution in [1.29, 1.82) is 0 Å². The lowest BCUT2D eigenvalue weighted by atomic mass is 10.1. The Morgan fingerprint density at radius 3 is 2.50 bits per heavy atom. The molecule has 114 valence electrons. The van der Waals surface area contributed by atoms with Crippen LogP contribution in [0.2, 0.25) is 0 Å². The van der Waals surface area contributed by atoms with Gasteiger partial charge in [0, 0.05) is 6.54 Å². The molecule has 3 N–H and O–H groups in total. The van der Waals surface area contributed by atoms with E-state index in [9.17, 15) is 17.2 Å². The molecule has 1 aromatic carbocycles. The Bertz CT molecular complexity index is 562. The number of nitrogen functional groups attached to an aromatic ring is 1. The minimum absolute atomic E-state index is 0.0190. The van der Waals surface area contributed by atoms with E-state index in [1.807, 2.05) is 6.92 Å². The van der Waals surface area contributed by atoms with Crippen molar-refractivity contribution in [3.05, 3.63) is 23.3 Å². The zero-order chi connectivity index (χ0) is 15.3. The summed E-state index contributed by atoms with van der Waals surface area (Å²) in [6.45, 7) is 2.66. The Balaban J connectivity index is 2.68. The normalized spacial score (nSPS) is 12.1. The van der Waals surface area contributed by atoms with E-state index in [1.54, 1.807) is 13.0 Å². The van der Waals surface area contributed by atoms with E-state index in [0.29, 0.717) is 0 Å². The highest BCUT2D eigenvalue weighted by Gasteiger charge is 2.18. The molecule has 0 saturated heterocycles. The molecule has 0 atom stereocenters. The van der Waals surface area contributed by atoms with Crippen LogP contribution in [0, 0.1) is 13.8 Å². The van der Waals surface area contributed by atoms with Crippen LogP contribution < -0.4 is 10.5 Å². The van der Waals surface area contributed by atoms with Crippen molar-refractivity contribution in [2.45, 2.75) is 25.2 Å². The molecule has 0 unspecified atom stereocenters. The fourth-order valence-electron chi connectivity index (χ4n) is 1.54. The average Bonchev–Trinajstić information content (AvgIpc) is 2.32. The summed E-state index contributed by atoms with van der Waals surface area (Å²) in [5.74, 6) is 0. The van der Waals surface area contributed by atoms with E-state index >= 15 is 0 Å². The molecule has 0 bridgehead atoms. The highest BCUT2D eigenvalue weighted by Crippen LogP contribution is 2.22. The van der Waals surface area contributed by atoms with Crippen LogP contribution in [0.5, 0.6) is 0 Å². The van der Waals surface area contributed by atoms with Crippen molar-refractivity contribution >= 4 is 15.7 Å². The monoisotopic (exact) mass is 308 g/mol. The van der Waals surface area contributed by atoms with E-state index in [1.165, 1.54) is 6.07 Å². The first-order valence-corrected chi connectivity index (χ1v) is 7.44. The second-order valence-corrected chi connectivity index (χ2v) is 6.07. The van der Waals surface area contributed by atoms with Gasteiger partial charge in [-0.3, -0.25) is 0 Å². The van der Waals surface area contributed by atoms with E-state index in [2.05, 4.69) is 9.46 Å². The molecular formula is C12H18F2N2O3S. The predicted molar refractivity (Wildman–Crippen MR) is 72.3 cm³/mol. The molecule has 5 nitrogen and oxygen atoms in total. The molecule has 0 fully saturated rings. The molecule has 8 heteroatoms. The number of benzene rings is 1. The lowest BCUT2D eigenvalue weighted by Crippen LogP contribution is -2.28. The van der Waals surface area contributed by atoms with Crippen molar-refractivity contribution in [3.8, 4) is 0 Å². The Morgan fingerprint density at radius 1 is 1.30 bits per heavy atom. The molecule has 0 radical (unpaired) electrons. The summed E-state index contributed by atoms with van der Waals surface area (Å²) >= 11 is 0. The van der Waals surface area contributed by atoms with Crippen LogP contribution in [-0.2, 0) is 14.8 Å². The van der Waals surface area contributed by atoms with Gasteiger partial charge in [0.25, 0.3) is 6.43 Å². The third-order valence-corrected chi connectivity index (χ3v) is 4.21. The van der Waals surface area contributed by atoms with Crippen LogP contribution in [0.4, 0.5) is 14.5 Å². The maximum Gasteiger partial charge on any atom is 0.261 e. The molecule has 0 aromatic heterocycles. The van der Waals surface area contributed by atoms with Gasteiger partial charge in [-0.05, 0) is 37.1 Å². The van der Waals surface area contributed by atoms with Crippen LogP contribution in [0.15, 0.2) is 17.0 Å². The SMILES string of the molecule is Cc1cc(N)c(S(=O)(=O)NCCOCC(F)F)cc1C. The largest absolute Gasteiger partial charge is 0.398 e. The summed E-state index contributed by atoms with van der Waals surface area (Å²) in [5.41, 5.74) is 7.53. The van der Waals surface area contributed by atoms with Crippen LogP contribution in [0.1, 0.15) is 11.1 Å². The number of nitrogens with one attached hydrogen (secondary N) is 1. The van der Waals surface area contributed by atoms with Crippen LogP contribution in [-0.4, -0.2) is 34.6 Å². The molecule has 20 heavy (non-hydrogen) atoms. The van der Waals surface area contributed by atoms with Gasteiger partial charge in [-0.1, -0.05) is 0 Å². The highest BCUT2D eigenvalue weighted by atomic mass is 32.2. The Hall–Kier alpha value is -1.25. The molecule has 1 rings (SSSR count). The van der Waals surface area contributed by atoms with Gasteiger partial charge >= 0.3 is 0 Å². The molecule has 0 aliphatic carbocycles. The summed E-state index contributed by atoms with van der Waals surface area (Å²) in [6, 6.07) is 3.06. The van der Waals surface area contributed by atoms with Crippen molar-refractivity contribution in [2.75, 3.05) is 25.5 Å². The van der Waals surface area contributed by atoms with Crippen molar-refractivity contribution in [1.82, 2.24) is 4.72 Å². The van der Waals surface area contributed by atoms with E-state index in [4.69, 9.17) is 5.73 Å². The highest BCUT2D eigenvalue weighted by molar-refractivity contribution is 7.89. The molecule has 0 amide bonds. The van der Waals surface area contributed by atoms with Gasteiger partial charge in [-0.15, -0.1) is 0 Å². The number of sulfonamides is 1. The Kier molecular flexibility index (Phi) is 5.85. The smallest absolute Gasteiger partial charge is 0.261 e. The van der Waals surface area contributed by atoms with E-state index in [0.717, 1.165) is 11.1 Å². The number of anilines is 1. The van der Waals surface area contributed by atoms with Crippen LogP contribution >= 0.6 is 0 Å². The fraction of sp³-hybridized carbons (Fsp3) is 0.500. The summed E-state index contributed by atoms with van der Waals surface area (Å²) < 4.78 is 54.5. The standard InChI is InChI=1S/C12H18F2N2O3S/c1-8-5-10(15)11(6-9(8)2)20(17,18)16-3-4-19-7-12(13)14/h5-6,12,16H,3-4,7,15H2,1-2H3. The lowest BCUT2D eigenvalue weighted by molar-refractivity contribution is 0.0199. The summed E-state index contributed by atoms with van der Waals surface area (Å²) in [4.78, 5) is -0.0190. The molecule has 1 aromatic rings. The van der Waals surface area contributed by atoms with Crippen LogP contribution in [0.3, 0.4) is 0 Å². The van der Waals surface area contributed by atoms with Gasteiger partial charge in [0.15, 0.2) is 0 Å². The number of hydrogen-bond donors (Lipinski definition) is 2. The minimum Gasteiger partial charge on any atom is -0.398 e. The average molecular weight is 308 g/mol. The maximum absolute atomic E-state index is 12.0. The Labute approximate surface area is 117 Å². The third-order valence-electron chi connectivity index (χ3n) is 2.70. The van der Waals surface area contributed by atoms with E-state index in [-0.39, 0.29) is 23.7 Å². The zero-order valence-corrected chi connectivity index (χ0v) is 12.1. The number of hydrogen-bond acceptors (Lipinski definition) is 4. The first-order valence-electron chi connectivity index (χ1n) is 5.96. The number of ether oxygens (including phenoxy) is 1. The van der Waals surface area contributed by atoms with Gasteiger partial charge in [0.2, 0.25) is 10.0 Å². The van der Waals surface area contributed by atoms with Crippen LogP contribution in [0.25, 0.3) is 0 Å². The number of aryl methyl sites for hydroxylation is 2. The summed E-state index contributed by atoms with van der Waals surface area (Å²) in [6.07, 6.45) is -2.57. The molecule has 0 aliphatic rings.